The summed E-state index contributed by atoms with van der Waals surface area (Å²) in [5.41, 5.74) is 1.19. The highest BCUT2D eigenvalue weighted by atomic mass is 32.1. The van der Waals surface area contributed by atoms with Gasteiger partial charge in [-0.2, -0.15) is 9.97 Å². The normalized spacial score (nSPS) is 27.9. The van der Waals surface area contributed by atoms with E-state index < -0.39 is 6.17 Å². The van der Waals surface area contributed by atoms with Crippen LogP contribution in [-0.2, 0) is 4.74 Å². The molecule has 4 atom stereocenters. The predicted octanol–water partition coefficient (Wildman–Crippen LogP) is 3.82. The summed E-state index contributed by atoms with van der Waals surface area (Å²) in [4.78, 5) is 19.9. The zero-order valence-electron chi connectivity index (χ0n) is 22.6. The highest BCUT2D eigenvalue weighted by Crippen LogP contribution is 2.41. The maximum absolute atomic E-state index is 14.4. The molecule has 0 radical (unpaired) electrons. The van der Waals surface area contributed by atoms with Gasteiger partial charge < -0.3 is 30.1 Å². The number of nitrogens with one attached hydrogen (secondary N) is 2. The van der Waals surface area contributed by atoms with Crippen LogP contribution in [0.3, 0.4) is 0 Å². The molecule has 41 heavy (non-hydrogen) atoms. The smallest absolute Gasteiger partial charge is 0.319 e. The predicted molar refractivity (Wildman–Crippen MR) is 156 cm³/mol. The van der Waals surface area contributed by atoms with Crippen LogP contribution in [0.25, 0.3) is 21.1 Å². The molecule has 4 saturated heterocycles. The first kappa shape index (κ1) is 25.4. The summed E-state index contributed by atoms with van der Waals surface area (Å²) in [6.45, 7) is 4.55. The largest absolute Gasteiger partial charge is 0.508 e. The quantitative estimate of drug-likeness (QED) is 0.313. The van der Waals surface area contributed by atoms with Crippen molar-refractivity contribution in [2.75, 3.05) is 56.2 Å². The Morgan fingerprint density at radius 2 is 2.00 bits per heavy atom. The van der Waals surface area contributed by atoms with Crippen molar-refractivity contribution < 1.29 is 19.0 Å². The summed E-state index contributed by atoms with van der Waals surface area (Å²) in [5, 5.41) is 20.0. The molecule has 6 heterocycles. The molecular formula is C29H32FN7O3S. The van der Waals surface area contributed by atoms with Gasteiger partial charge in [0.25, 0.3) is 0 Å². The van der Waals surface area contributed by atoms with Gasteiger partial charge in [-0.05, 0) is 30.8 Å². The molecule has 0 aliphatic carbocycles. The average Bonchev–Trinajstić information content (AvgIpc) is 3.62. The standard InChI is InChI=1S/C29H32FN7O3S/c30-18-10-29(6-3-7-37(29)11-18)16-40-27-34-25(36-12-19-14-39-15-20(13-36)31-19)24-26(35-27)41-28(33-24)32-23-9-21(38)8-17-4-1-2-5-22(17)23/h1-2,4-5,8-9,18-20,31,38H,3,6-7,10-16H2,(H,32,33)/t18-,19?,20?,29?/m1/s1. The number of hydrogen-bond donors (Lipinski definition) is 3. The van der Waals surface area contributed by atoms with E-state index in [2.05, 4.69) is 20.4 Å². The van der Waals surface area contributed by atoms with Gasteiger partial charge in [0, 0.05) is 49.6 Å². The molecule has 0 saturated carbocycles. The van der Waals surface area contributed by atoms with Crippen molar-refractivity contribution in [1.82, 2.24) is 25.2 Å². The summed E-state index contributed by atoms with van der Waals surface area (Å²) in [6, 6.07) is 12.1. The Bertz CT molecular complexity index is 1610. The van der Waals surface area contributed by atoms with E-state index in [4.69, 9.17) is 24.4 Å². The molecule has 4 aromatic rings. The number of aromatic hydroxyl groups is 1. The van der Waals surface area contributed by atoms with E-state index in [1.165, 1.54) is 11.3 Å². The first-order chi connectivity index (χ1) is 20.0. The number of anilines is 3. The Morgan fingerprint density at radius 1 is 1.15 bits per heavy atom. The van der Waals surface area contributed by atoms with E-state index in [9.17, 15) is 9.50 Å². The lowest BCUT2D eigenvalue weighted by Crippen LogP contribution is -2.63. The third-order valence-electron chi connectivity index (χ3n) is 8.83. The molecule has 3 N–H and O–H groups in total. The second-order valence-electron chi connectivity index (χ2n) is 11.7. The van der Waals surface area contributed by atoms with Crippen molar-refractivity contribution in [2.24, 2.45) is 0 Å². The van der Waals surface area contributed by atoms with E-state index in [0.29, 0.717) is 54.3 Å². The molecule has 12 heteroatoms. The third-order valence-corrected chi connectivity index (χ3v) is 9.69. The van der Waals surface area contributed by atoms with Crippen molar-refractivity contribution >= 4 is 49.1 Å². The van der Waals surface area contributed by atoms with Crippen molar-refractivity contribution in [1.29, 1.82) is 0 Å². The Kier molecular flexibility index (Phi) is 6.13. The maximum Gasteiger partial charge on any atom is 0.319 e. The minimum absolute atomic E-state index is 0.181. The second-order valence-corrected chi connectivity index (χ2v) is 12.7. The Morgan fingerprint density at radius 3 is 2.88 bits per heavy atom. The fourth-order valence-corrected chi connectivity index (χ4v) is 7.90. The first-order valence-corrected chi connectivity index (χ1v) is 15.1. The molecule has 4 aliphatic rings. The molecule has 2 bridgehead atoms. The van der Waals surface area contributed by atoms with Crippen LogP contribution in [0.4, 0.5) is 21.0 Å². The van der Waals surface area contributed by atoms with Crippen molar-refractivity contribution in [3.63, 3.8) is 0 Å². The number of thiazole rings is 1. The molecule has 4 fully saturated rings. The van der Waals surface area contributed by atoms with Gasteiger partial charge in [0.1, 0.15) is 24.0 Å². The van der Waals surface area contributed by atoms with Gasteiger partial charge in [-0.15, -0.1) is 0 Å². The number of rotatable bonds is 6. The topological polar surface area (TPSA) is 108 Å². The number of aromatic nitrogens is 3. The van der Waals surface area contributed by atoms with Gasteiger partial charge in [0.2, 0.25) is 0 Å². The SMILES string of the molecule is Oc1cc(Nc2nc3c(N4CC5COCC(C4)N5)nc(OCC45CCCN4C[C@H](F)C5)nc3s2)c2ccccc2c1. The van der Waals surface area contributed by atoms with Gasteiger partial charge in [-0.25, -0.2) is 9.37 Å². The molecule has 3 unspecified atom stereocenters. The zero-order valence-corrected chi connectivity index (χ0v) is 23.4. The van der Waals surface area contributed by atoms with Crippen molar-refractivity contribution in [2.45, 2.75) is 43.1 Å². The summed E-state index contributed by atoms with van der Waals surface area (Å²) in [7, 11) is 0. The number of ether oxygens (including phenoxy) is 2. The van der Waals surface area contributed by atoms with Crippen molar-refractivity contribution in [3.05, 3.63) is 36.4 Å². The molecule has 0 spiro atoms. The fourth-order valence-electron chi connectivity index (χ4n) is 7.06. The molecule has 214 valence electrons. The van der Waals surface area contributed by atoms with E-state index in [1.54, 1.807) is 12.1 Å². The highest BCUT2D eigenvalue weighted by molar-refractivity contribution is 7.22. The van der Waals surface area contributed by atoms with E-state index in [0.717, 1.165) is 54.8 Å². The van der Waals surface area contributed by atoms with Gasteiger partial charge in [0.05, 0.1) is 24.4 Å². The van der Waals surface area contributed by atoms with E-state index >= 15 is 0 Å². The summed E-state index contributed by atoms with van der Waals surface area (Å²) < 4.78 is 26.4. The molecular weight excluding hydrogens is 545 g/mol. The van der Waals surface area contributed by atoms with Gasteiger partial charge in [-0.1, -0.05) is 35.6 Å². The van der Waals surface area contributed by atoms with Crippen LogP contribution < -0.4 is 20.3 Å². The summed E-state index contributed by atoms with van der Waals surface area (Å²) >= 11 is 1.42. The zero-order chi connectivity index (χ0) is 27.6. The number of alkyl halides is 1. The van der Waals surface area contributed by atoms with Crippen LogP contribution >= 0.6 is 11.3 Å². The highest BCUT2D eigenvalue weighted by Gasteiger charge is 2.49. The van der Waals surface area contributed by atoms with Gasteiger partial charge in [-0.3, -0.25) is 4.90 Å². The first-order valence-electron chi connectivity index (χ1n) is 14.3. The minimum Gasteiger partial charge on any atom is -0.508 e. The number of hydrogen-bond acceptors (Lipinski definition) is 11. The lowest BCUT2D eigenvalue weighted by Gasteiger charge is -2.42. The number of phenolic OH excluding ortho intramolecular Hbond substituents is 1. The number of morpholine rings is 1. The minimum atomic E-state index is -0.816. The average molecular weight is 578 g/mol. The Balaban J connectivity index is 1.15. The molecule has 10 nitrogen and oxygen atoms in total. The number of benzene rings is 2. The Hall–Kier alpha value is -3.32. The van der Waals surface area contributed by atoms with Crippen LogP contribution in [0, 0.1) is 0 Å². The number of halogens is 1. The van der Waals surface area contributed by atoms with Crippen LogP contribution in [0.2, 0.25) is 0 Å². The second kappa shape index (κ2) is 9.90. The van der Waals surface area contributed by atoms with E-state index in [-0.39, 0.29) is 23.4 Å². The van der Waals surface area contributed by atoms with E-state index in [1.807, 2.05) is 24.3 Å². The number of piperazine rings is 1. The molecule has 4 aliphatic heterocycles. The molecule has 2 aromatic heterocycles. The van der Waals surface area contributed by atoms with Crippen molar-refractivity contribution in [3.8, 4) is 11.8 Å². The summed E-state index contributed by atoms with van der Waals surface area (Å²) in [6.07, 6.45) is 1.66. The third kappa shape index (κ3) is 4.62. The molecule has 0 amide bonds. The summed E-state index contributed by atoms with van der Waals surface area (Å²) in [5.74, 6) is 0.921. The number of phenols is 1. The maximum atomic E-state index is 14.4. The lowest BCUT2D eigenvalue weighted by atomic mass is 9.95. The van der Waals surface area contributed by atoms with Crippen LogP contribution in [0.5, 0.6) is 11.8 Å². The fraction of sp³-hybridized carbons (Fsp3) is 0.483. The van der Waals surface area contributed by atoms with Crippen LogP contribution in [-0.4, -0.2) is 94.8 Å². The molecule has 8 rings (SSSR count). The lowest BCUT2D eigenvalue weighted by molar-refractivity contribution is 0.0374. The number of nitrogens with zero attached hydrogens (tertiary/aromatic N) is 5. The monoisotopic (exact) mass is 577 g/mol. The van der Waals surface area contributed by atoms with Crippen LogP contribution in [0.15, 0.2) is 36.4 Å². The number of fused-ring (bicyclic) bond motifs is 5. The molecule has 2 aromatic carbocycles. The van der Waals surface area contributed by atoms with Crippen LogP contribution in [0.1, 0.15) is 19.3 Å². The van der Waals surface area contributed by atoms with Gasteiger partial charge in [0.15, 0.2) is 15.8 Å². The van der Waals surface area contributed by atoms with Gasteiger partial charge >= 0.3 is 6.01 Å². The Labute approximate surface area is 240 Å².